The number of rotatable bonds is 7. The van der Waals surface area contributed by atoms with Crippen LogP contribution in [0.25, 0.3) is 11.4 Å². The van der Waals surface area contributed by atoms with Crippen molar-refractivity contribution in [3.8, 4) is 11.4 Å². The maximum atomic E-state index is 13.0. The lowest BCUT2D eigenvalue weighted by atomic mass is 10.1. The summed E-state index contributed by atoms with van der Waals surface area (Å²) in [4.78, 5) is 15.0. The van der Waals surface area contributed by atoms with Gasteiger partial charge in [0.2, 0.25) is 5.91 Å². The topological polar surface area (TPSA) is 51.0 Å². The zero-order valence-corrected chi connectivity index (χ0v) is 17.2. The minimum atomic E-state index is -0.152. The monoisotopic (exact) mass is 384 g/mol. The Hall–Kier alpha value is -2.08. The zero-order valence-electron chi connectivity index (χ0n) is 16.4. The first-order valence-electron chi connectivity index (χ1n) is 9.58. The molecular formula is C21H28N4OS. The van der Waals surface area contributed by atoms with Gasteiger partial charge in [0.1, 0.15) is 0 Å². The Morgan fingerprint density at radius 2 is 2.04 bits per heavy atom. The first kappa shape index (κ1) is 19.7. The van der Waals surface area contributed by atoms with Crippen molar-refractivity contribution in [2.24, 2.45) is 5.92 Å². The number of carbonyl (C=O) groups is 1. The van der Waals surface area contributed by atoms with E-state index in [1.165, 1.54) is 17.3 Å². The van der Waals surface area contributed by atoms with Gasteiger partial charge in [-0.05, 0) is 31.7 Å². The van der Waals surface area contributed by atoms with Gasteiger partial charge in [-0.2, -0.15) is 0 Å². The molecule has 1 aromatic carbocycles. The molecule has 1 unspecified atom stereocenters. The van der Waals surface area contributed by atoms with E-state index >= 15 is 0 Å². The third-order valence-corrected chi connectivity index (χ3v) is 6.32. The molecule has 1 fully saturated rings. The van der Waals surface area contributed by atoms with Crippen LogP contribution in [-0.4, -0.2) is 43.9 Å². The van der Waals surface area contributed by atoms with Gasteiger partial charge in [0.05, 0.1) is 5.25 Å². The standard InChI is InChI=1S/C21H28N4OS/c1-5-11-25-19(17-10-8-9-16(4)14-17)22-23-21(25)27-18(15(2)3)20(26)24-12-6-7-13-24/h5,8-10,14-15,18H,1,6-7,11-13H2,2-4H3. The van der Waals surface area contributed by atoms with E-state index in [0.29, 0.717) is 6.54 Å². The molecule has 0 saturated carbocycles. The van der Waals surface area contributed by atoms with E-state index in [-0.39, 0.29) is 17.1 Å². The van der Waals surface area contributed by atoms with Crippen molar-refractivity contribution >= 4 is 17.7 Å². The average molecular weight is 385 g/mol. The molecular weight excluding hydrogens is 356 g/mol. The molecule has 0 aliphatic carbocycles. The third kappa shape index (κ3) is 4.43. The quantitative estimate of drug-likeness (QED) is 0.531. The van der Waals surface area contributed by atoms with Gasteiger partial charge >= 0.3 is 0 Å². The maximum Gasteiger partial charge on any atom is 0.236 e. The summed E-state index contributed by atoms with van der Waals surface area (Å²) in [5.41, 5.74) is 2.21. The smallest absolute Gasteiger partial charge is 0.236 e. The lowest BCUT2D eigenvalue weighted by Crippen LogP contribution is -2.38. The van der Waals surface area contributed by atoms with Crippen molar-refractivity contribution in [1.82, 2.24) is 19.7 Å². The Labute approximate surface area is 165 Å². The molecule has 1 aromatic heterocycles. The highest BCUT2D eigenvalue weighted by molar-refractivity contribution is 8.00. The number of hydrogen-bond donors (Lipinski definition) is 0. The number of aromatic nitrogens is 3. The second kappa shape index (κ2) is 8.74. The molecule has 27 heavy (non-hydrogen) atoms. The number of benzene rings is 1. The third-order valence-electron chi connectivity index (χ3n) is 4.80. The Morgan fingerprint density at radius 1 is 1.30 bits per heavy atom. The highest BCUT2D eigenvalue weighted by Crippen LogP contribution is 2.32. The number of carbonyl (C=O) groups excluding carboxylic acids is 1. The Morgan fingerprint density at radius 3 is 2.67 bits per heavy atom. The summed E-state index contributed by atoms with van der Waals surface area (Å²) in [6, 6.07) is 8.24. The summed E-state index contributed by atoms with van der Waals surface area (Å²) in [5.74, 6) is 1.26. The summed E-state index contributed by atoms with van der Waals surface area (Å²) in [5, 5.41) is 9.49. The van der Waals surface area contributed by atoms with Gasteiger partial charge < -0.3 is 4.90 Å². The number of nitrogens with zero attached hydrogens (tertiary/aromatic N) is 4. The van der Waals surface area contributed by atoms with Crippen LogP contribution in [0.15, 0.2) is 42.1 Å². The van der Waals surface area contributed by atoms with Gasteiger partial charge in [-0.25, -0.2) is 0 Å². The van der Waals surface area contributed by atoms with E-state index in [1.807, 2.05) is 23.1 Å². The van der Waals surface area contributed by atoms with Gasteiger partial charge in [0.25, 0.3) is 0 Å². The molecule has 0 N–H and O–H groups in total. The molecule has 0 spiro atoms. The minimum Gasteiger partial charge on any atom is -0.342 e. The van der Waals surface area contributed by atoms with Crippen LogP contribution in [-0.2, 0) is 11.3 Å². The van der Waals surface area contributed by atoms with Crippen LogP contribution in [0.3, 0.4) is 0 Å². The largest absolute Gasteiger partial charge is 0.342 e. The van der Waals surface area contributed by atoms with Crippen LogP contribution in [0.1, 0.15) is 32.3 Å². The predicted molar refractivity (Wildman–Crippen MR) is 111 cm³/mol. The second-order valence-electron chi connectivity index (χ2n) is 7.39. The highest BCUT2D eigenvalue weighted by atomic mass is 32.2. The Bertz CT molecular complexity index is 808. The highest BCUT2D eigenvalue weighted by Gasteiger charge is 2.31. The number of hydrogen-bond acceptors (Lipinski definition) is 4. The first-order valence-corrected chi connectivity index (χ1v) is 10.5. The van der Waals surface area contributed by atoms with E-state index in [9.17, 15) is 4.79 Å². The fourth-order valence-corrected chi connectivity index (χ4v) is 4.50. The molecule has 1 aliphatic heterocycles. The minimum absolute atomic E-state index is 0.152. The van der Waals surface area contributed by atoms with Gasteiger partial charge in [-0.3, -0.25) is 9.36 Å². The second-order valence-corrected chi connectivity index (χ2v) is 8.50. The zero-order chi connectivity index (χ0) is 19.4. The lowest BCUT2D eigenvalue weighted by Gasteiger charge is -2.25. The van der Waals surface area contributed by atoms with Gasteiger partial charge in [0.15, 0.2) is 11.0 Å². The molecule has 3 rings (SSSR count). The molecule has 1 atom stereocenters. The average Bonchev–Trinajstić information content (AvgIpc) is 3.30. The van der Waals surface area contributed by atoms with Crippen molar-refractivity contribution in [1.29, 1.82) is 0 Å². The predicted octanol–water partition coefficient (Wildman–Crippen LogP) is 4.18. The molecule has 2 aromatic rings. The van der Waals surface area contributed by atoms with Crippen molar-refractivity contribution in [2.75, 3.05) is 13.1 Å². The van der Waals surface area contributed by atoms with Gasteiger partial charge in [-0.15, -0.1) is 16.8 Å². The summed E-state index contributed by atoms with van der Waals surface area (Å²) >= 11 is 1.53. The summed E-state index contributed by atoms with van der Waals surface area (Å²) < 4.78 is 2.05. The molecule has 2 heterocycles. The molecule has 5 nitrogen and oxygen atoms in total. The Balaban J connectivity index is 1.90. The summed E-state index contributed by atoms with van der Waals surface area (Å²) in [7, 11) is 0. The number of thioether (sulfide) groups is 1. The van der Waals surface area contributed by atoms with E-state index in [2.05, 4.69) is 54.2 Å². The molecule has 1 aliphatic rings. The lowest BCUT2D eigenvalue weighted by molar-refractivity contribution is -0.130. The van der Waals surface area contributed by atoms with Crippen LogP contribution in [0, 0.1) is 12.8 Å². The van der Waals surface area contributed by atoms with Crippen LogP contribution < -0.4 is 0 Å². The van der Waals surface area contributed by atoms with E-state index < -0.39 is 0 Å². The Kier molecular flexibility index (Phi) is 6.37. The number of allylic oxidation sites excluding steroid dienone is 1. The van der Waals surface area contributed by atoms with Crippen molar-refractivity contribution < 1.29 is 4.79 Å². The number of amides is 1. The molecule has 0 radical (unpaired) electrons. The van der Waals surface area contributed by atoms with Crippen LogP contribution in [0.4, 0.5) is 0 Å². The van der Waals surface area contributed by atoms with Crippen LogP contribution in [0.2, 0.25) is 0 Å². The van der Waals surface area contributed by atoms with Crippen molar-refractivity contribution in [2.45, 2.75) is 50.6 Å². The van der Waals surface area contributed by atoms with Crippen LogP contribution >= 0.6 is 11.8 Å². The number of aryl methyl sites for hydroxylation is 1. The van der Waals surface area contributed by atoms with E-state index in [0.717, 1.165) is 42.5 Å². The molecule has 1 saturated heterocycles. The maximum absolute atomic E-state index is 13.0. The molecule has 144 valence electrons. The van der Waals surface area contributed by atoms with E-state index in [1.54, 1.807) is 0 Å². The molecule has 6 heteroatoms. The van der Waals surface area contributed by atoms with Crippen molar-refractivity contribution in [3.63, 3.8) is 0 Å². The normalized spacial score (nSPS) is 15.3. The summed E-state index contributed by atoms with van der Waals surface area (Å²) in [6.07, 6.45) is 4.05. The fraction of sp³-hybridized carbons (Fsp3) is 0.476. The summed E-state index contributed by atoms with van der Waals surface area (Å²) in [6.45, 7) is 12.5. The SMILES string of the molecule is C=CCn1c(SC(C(=O)N2CCCC2)C(C)C)nnc1-c1cccc(C)c1. The number of likely N-dealkylation sites (tertiary alicyclic amines) is 1. The molecule has 1 amide bonds. The van der Waals surface area contributed by atoms with Crippen LogP contribution in [0.5, 0.6) is 0 Å². The van der Waals surface area contributed by atoms with Gasteiger partial charge in [-0.1, -0.05) is 55.4 Å². The fourth-order valence-electron chi connectivity index (χ4n) is 3.37. The molecule has 0 bridgehead atoms. The van der Waals surface area contributed by atoms with E-state index in [4.69, 9.17) is 0 Å². The first-order chi connectivity index (χ1) is 13.0. The van der Waals surface area contributed by atoms with Gasteiger partial charge in [0, 0.05) is 25.2 Å². The van der Waals surface area contributed by atoms with Crippen molar-refractivity contribution in [3.05, 3.63) is 42.5 Å².